The van der Waals surface area contributed by atoms with Gasteiger partial charge in [0.25, 0.3) is 0 Å². The second-order valence-corrected chi connectivity index (χ2v) is 9.86. The van der Waals surface area contributed by atoms with Gasteiger partial charge in [-0.2, -0.15) is 4.31 Å². The molecule has 1 amide bonds. The summed E-state index contributed by atoms with van der Waals surface area (Å²) in [6.45, 7) is 8.25. The lowest BCUT2D eigenvalue weighted by molar-refractivity contribution is -0.120. The van der Waals surface area contributed by atoms with E-state index in [4.69, 9.17) is 6.42 Å². The maximum Gasteiger partial charge on any atom is 0.243 e. The van der Waals surface area contributed by atoms with Gasteiger partial charge in [-0.25, -0.2) is 8.42 Å². The van der Waals surface area contributed by atoms with E-state index in [0.717, 1.165) is 22.3 Å². The van der Waals surface area contributed by atoms with E-state index in [1.165, 1.54) is 4.31 Å². The van der Waals surface area contributed by atoms with Gasteiger partial charge in [0, 0.05) is 30.3 Å². The molecule has 0 aliphatic carbocycles. The number of benzene rings is 2. The topological polar surface area (TPSA) is 66.5 Å². The predicted molar refractivity (Wildman–Crippen MR) is 120 cm³/mol. The number of anilines is 1. The molecule has 0 spiro atoms. The van der Waals surface area contributed by atoms with Gasteiger partial charge in [-0.05, 0) is 81.0 Å². The van der Waals surface area contributed by atoms with Crippen LogP contribution in [-0.2, 0) is 14.8 Å². The van der Waals surface area contributed by atoms with Crippen LogP contribution in [0.4, 0.5) is 5.69 Å². The number of aryl methyl sites for hydroxylation is 2. The van der Waals surface area contributed by atoms with Crippen molar-refractivity contribution in [2.75, 3.05) is 18.4 Å². The molecule has 3 rings (SSSR count). The molecule has 1 aliphatic heterocycles. The van der Waals surface area contributed by atoms with Crippen molar-refractivity contribution in [3.63, 3.8) is 0 Å². The van der Waals surface area contributed by atoms with Crippen LogP contribution < -0.4 is 5.32 Å². The van der Waals surface area contributed by atoms with E-state index in [-0.39, 0.29) is 11.8 Å². The highest BCUT2D eigenvalue weighted by molar-refractivity contribution is 7.89. The first-order valence-electron chi connectivity index (χ1n) is 10.1. The number of rotatable bonds is 4. The zero-order valence-electron chi connectivity index (χ0n) is 18.0. The Morgan fingerprint density at radius 1 is 1.07 bits per heavy atom. The molecule has 0 radical (unpaired) electrons. The smallest absolute Gasteiger partial charge is 0.243 e. The molecule has 1 saturated heterocycles. The number of sulfonamides is 1. The first-order chi connectivity index (χ1) is 14.1. The van der Waals surface area contributed by atoms with E-state index in [0.29, 0.717) is 42.1 Å². The predicted octanol–water partition coefficient (Wildman–Crippen LogP) is 3.94. The van der Waals surface area contributed by atoms with Crippen LogP contribution in [0.25, 0.3) is 0 Å². The van der Waals surface area contributed by atoms with E-state index in [2.05, 4.69) is 11.2 Å². The molecule has 0 saturated carbocycles. The molecule has 0 bridgehead atoms. The normalized spacial score (nSPS) is 15.6. The highest BCUT2D eigenvalue weighted by Gasteiger charge is 2.34. The van der Waals surface area contributed by atoms with Gasteiger partial charge in [0.1, 0.15) is 0 Å². The molecule has 0 atom stereocenters. The summed E-state index contributed by atoms with van der Waals surface area (Å²) in [4.78, 5) is 13.1. The Labute approximate surface area is 179 Å². The van der Waals surface area contributed by atoms with Crippen molar-refractivity contribution in [3.05, 3.63) is 58.1 Å². The molecule has 0 unspecified atom stereocenters. The van der Waals surface area contributed by atoms with Crippen molar-refractivity contribution < 1.29 is 13.2 Å². The van der Waals surface area contributed by atoms with Crippen LogP contribution in [0, 0.1) is 46.0 Å². The van der Waals surface area contributed by atoms with E-state index in [1.54, 1.807) is 24.3 Å². The summed E-state index contributed by atoms with van der Waals surface area (Å²) in [6, 6.07) is 9.17. The number of hydrogen-bond donors (Lipinski definition) is 1. The molecule has 6 heteroatoms. The second kappa shape index (κ2) is 8.63. The van der Waals surface area contributed by atoms with Gasteiger partial charge in [0.2, 0.25) is 15.9 Å². The minimum absolute atomic E-state index is 0.0972. The molecule has 2 aromatic rings. The molecule has 5 nitrogen and oxygen atoms in total. The lowest BCUT2D eigenvalue weighted by atomic mass is 9.97. The third-order valence-electron chi connectivity index (χ3n) is 6.02. The van der Waals surface area contributed by atoms with E-state index in [1.807, 2.05) is 33.8 Å². The van der Waals surface area contributed by atoms with Gasteiger partial charge >= 0.3 is 0 Å². The number of hydrogen-bond acceptors (Lipinski definition) is 3. The van der Waals surface area contributed by atoms with Crippen molar-refractivity contribution in [1.29, 1.82) is 0 Å². The van der Waals surface area contributed by atoms with Crippen molar-refractivity contribution >= 4 is 21.6 Å². The van der Waals surface area contributed by atoms with Crippen LogP contribution in [0.2, 0.25) is 0 Å². The van der Waals surface area contributed by atoms with Crippen molar-refractivity contribution in [2.24, 2.45) is 5.92 Å². The molecular weight excluding hydrogens is 396 g/mol. The number of nitrogens with one attached hydrogen (secondary N) is 1. The van der Waals surface area contributed by atoms with Crippen molar-refractivity contribution in [2.45, 2.75) is 45.4 Å². The fourth-order valence-electron chi connectivity index (χ4n) is 3.99. The average Bonchev–Trinajstić information content (AvgIpc) is 2.72. The first-order valence-corrected chi connectivity index (χ1v) is 11.5. The Balaban J connectivity index is 1.72. The van der Waals surface area contributed by atoms with Crippen LogP contribution in [0.3, 0.4) is 0 Å². The molecule has 1 N–H and O–H groups in total. The quantitative estimate of drug-likeness (QED) is 0.756. The first kappa shape index (κ1) is 22.1. The standard InChI is InChI=1S/C24H28N2O3S/c1-6-20-8-7-9-22(15-20)25-24(27)21-10-12-26(13-11-21)30(28,29)23-18(4)16(2)14-17(3)19(23)5/h1,7-9,14-15,21H,10-13H2,2-5H3,(H,25,27). The fraction of sp³-hybridized carbons (Fsp3) is 0.375. The number of amides is 1. The van der Waals surface area contributed by atoms with Crippen LogP contribution in [0.1, 0.15) is 40.7 Å². The summed E-state index contributed by atoms with van der Waals surface area (Å²) >= 11 is 0. The Kier molecular flexibility index (Phi) is 6.35. The van der Waals surface area contributed by atoms with Crippen LogP contribution in [-0.4, -0.2) is 31.7 Å². The molecule has 1 fully saturated rings. The summed E-state index contributed by atoms with van der Waals surface area (Å²) in [6.07, 6.45) is 6.39. The van der Waals surface area contributed by atoms with E-state index in [9.17, 15) is 13.2 Å². The zero-order chi connectivity index (χ0) is 22.1. The van der Waals surface area contributed by atoms with Gasteiger partial charge in [0.05, 0.1) is 4.90 Å². The largest absolute Gasteiger partial charge is 0.326 e. The number of carbonyl (C=O) groups is 1. The third-order valence-corrected chi connectivity index (χ3v) is 8.19. The summed E-state index contributed by atoms with van der Waals surface area (Å²) in [5.41, 5.74) is 4.90. The number of carbonyl (C=O) groups excluding carboxylic acids is 1. The number of terminal acetylenes is 1. The van der Waals surface area contributed by atoms with Gasteiger partial charge < -0.3 is 5.32 Å². The van der Waals surface area contributed by atoms with Crippen molar-refractivity contribution in [3.8, 4) is 12.3 Å². The highest BCUT2D eigenvalue weighted by atomic mass is 32.2. The molecular formula is C24H28N2O3S. The summed E-state index contributed by atoms with van der Waals surface area (Å²) in [5.74, 6) is 2.22. The molecule has 1 aliphatic rings. The minimum Gasteiger partial charge on any atom is -0.326 e. The molecule has 1 heterocycles. The molecule has 30 heavy (non-hydrogen) atoms. The molecule has 158 valence electrons. The van der Waals surface area contributed by atoms with Gasteiger partial charge in [-0.3, -0.25) is 4.79 Å². The Morgan fingerprint density at radius 3 is 2.23 bits per heavy atom. The summed E-state index contributed by atoms with van der Waals surface area (Å²) < 4.78 is 28.3. The van der Waals surface area contributed by atoms with E-state index >= 15 is 0 Å². The highest BCUT2D eigenvalue weighted by Crippen LogP contribution is 2.31. The Morgan fingerprint density at radius 2 is 1.67 bits per heavy atom. The monoisotopic (exact) mass is 424 g/mol. The fourth-order valence-corrected chi connectivity index (χ4v) is 6.03. The average molecular weight is 425 g/mol. The Bertz CT molecular complexity index is 1100. The lowest BCUT2D eigenvalue weighted by Gasteiger charge is -2.31. The zero-order valence-corrected chi connectivity index (χ0v) is 18.8. The minimum atomic E-state index is -3.61. The molecule has 2 aromatic carbocycles. The maximum absolute atomic E-state index is 13.4. The van der Waals surface area contributed by atoms with Gasteiger partial charge in [0.15, 0.2) is 0 Å². The van der Waals surface area contributed by atoms with Gasteiger partial charge in [-0.1, -0.05) is 18.1 Å². The molecule has 0 aromatic heterocycles. The SMILES string of the molecule is C#Cc1cccc(NC(=O)C2CCN(S(=O)(=O)c3c(C)c(C)cc(C)c3C)CC2)c1. The van der Waals surface area contributed by atoms with Gasteiger partial charge in [-0.15, -0.1) is 6.42 Å². The maximum atomic E-state index is 13.4. The van der Waals surface area contributed by atoms with E-state index < -0.39 is 10.0 Å². The van der Waals surface area contributed by atoms with Crippen LogP contribution in [0.5, 0.6) is 0 Å². The Hall–Kier alpha value is -2.62. The lowest BCUT2D eigenvalue weighted by Crippen LogP contribution is -2.41. The van der Waals surface area contributed by atoms with Crippen LogP contribution >= 0.6 is 0 Å². The number of nitrogens with zero attached hydrogens (tertiary/aromatic N) is 1. The number of piperidine rings is 1. The van der Waals surface area contributed by atoms with Crippen LogP contribution in [0.15, 0.2) is 35.2 Å². The summed E-state index contributed by atoms with van der Waals surface area (Å²) in [7, 11) is -3.61. The second-order valence-electron chi connectivity index (χ2n) is 7.98. The summed E-state index contributed by atoms with van der Waals surface area (Å²) in [5, 5.41) is 2.90. The third kappa shape index (κ3) is 4.28. The van der Waals surface area contributed by atoms with Crippen molar-refractivity contribution in [1.82, 2.24) is 4.31 Å².